The van der Waals surface area contributed by atoms with Crippen LogP contribution in [0.4, 0.5) is 0 Å². The second kappa shape index (κ2) is 6.57. The van der Waals surface area contributed by atoms with Crippen LogP contribution in [0, 0.1) is 13.8 Å². The maximum Gasteiger partial charge on any atom is 0.254 e. The fraction of sp³-hybridized carbons (Fsp3) is 0.500. The largest absolute Gasteiger partial charge is 0.373 e. The Morgan fingerprint density at radius 2 is 2.08 bits per heavy atom. The van der Waals surface area contributed by atoms with Gasteiger partial charge in [-0.2, -0.15) is 0 Å². The zero-order chi connectivity index (χ0) is 17.4. The van der Waals surface area contributed by atoms with Gasteiger partial charge in [0.15, 0.2) is 0 Å². The summed E-state index contributed by atoms with van der Waals surface area (Å²) in [5, 5.41) is 4.05. The lowest BCUT2D eigenvalue weighted by Gasteiger charge is -2.36. The van der Waals surface area contributed by atoms with E-state index in [2.05, 4.69) is 15.0 Å². The fourth-order valence-corrected chi connectivity index (χ4v) is 3.73. The minimum Gasteiger partial charge on any atom is -0.373 e. The molecule has 2 saturated heterocycles. The van der Waals surface area contributed by atoms with E-state index in [1.807, 2.05) is 18.7 Å². The van der Waals surface area contributed by atoms with Crippen LogP contribution in [0.15, 0.2) is 29.0 Å². The van der Waals surface area contributed by atoms with Gasteiger partial charge in [-0.1, -0.05) is 5.16 Å². The zero-order valence-electron chi connectivity index (χ0n) is 14.5. The molecule has 0 unspecified atom stereocenters. The number of pyridine rings is 1. The van der Waals surface area contributed by atoms with Crippen LogP contribution < -0.4 is 0 Å². The number of hydrogen-bond acceptors (Lipinski definition) is 6. The van der Waals surface area contributed by atoms with Gasteiger partial charge in [0.2, 0.25) is 0 Å². The van der Waals surface area contributed by atoms with Gasteiger partial charge in [-0.15, -0.1) is 0 Å². The van der Waals surface area contributed by atoms with Crippen molar-refractivity contribution < 1.29 is 14.1 Å². The molecule has 132 valence electrons. The Kier molecular flexibility index (Phi) is 4.27. The van der Waals surface area contributed by atoms with Crippen molar-refractivity contribution in [3.63, 3.8) is 0 Å². The molecule has 1 amide bonds. The van der Waals surface area contributed by atoms with Gasteiger partial charge in [-0.25, -0.2) is 0 Å². The summed E-state index contributed by atoms with van der Waals surface area (Å²) in [6.45, 7) is 7.53. The van der Waals surface area contributed by atoms with E-state index in [4.69, 9.17) is 9.26 Å². The van der Waals surface area contributed by atoms with Crippen LogP contribution in [0.25, 0.3) is 0 Å². The third kappa shape index (κ3) is 3.05. The number of ether oxygens (including phenoxy) is 1. The van der Waals surface area contributed by atoms with Crippen molar-refractivity contribution in [2.24, 2.45) is 0 Å². The van der Waals surface area contributed by atoms with E-state index >= 15 is 0 Å². The van der Waals surface area contributed by atoms with Crippen LogP contribution in [0.5, 0.6) is 0 Å². The van der Waals surface area contributed by atoms with Gasteiger partial charge >= 0.3 is 0 Å². The van der Waals surface area contributed by atoms with E-state index < -0.39 is 0 Å². The number of fused-ring (bicyclic) bond motifs is 1. The second-order valence-electron chi connectivity index (χ2n) is 6.70. The average molecular weight is 342 g/mol. The van der Waals surface area contributed by atoms with Gasteiger partial charge in [0.25, 0.3) is 5.91 Å². The van der Waals surface area contributed by atoms with Crippen molar-refractivity contribution in [1.82, 2.24) is 19.9 Å². The summed E-state index contributed by atoms with van der Waals surface area (Å²) in [6, 6.07) is 3.72. The average Bonchev–Trinajstić information content (AvgIpc) is 3.21. The van der Waals surface area contributed by atoms with Crippen LogP contribution in [-0.2, 0) is 11.3 Å². The van der Waals surface area contributed by atoms with Crippen LogP contribution >= 0.6 is 0 Å². The predicted molar refractivity (Wildman–Crippen MR) is 90.1 cm³/mol. The first-order chi connectivity index (χ1) is 12.1. The number of likely N-dealkylation sites (tertiary alicyclic amines) is 1. The number of carbonyl (C=O) groups is 1. The van der Waals surface area contributed by atoms with E-state index in [-0.39, 0.29) is 18.1 Å². The second-order valence-corrected chi connectivity index (χ2v) is 6.70. The molecule has 2 fully saturated rings. The fourth-order valence-electron chi connectivity index (χ4n) is 3.73. The van der Waals surface area contributed by atoms with Gasteiger partial charge < -0.3 is 14.2 Å². The Morgan fingerprint density at radius 1 is 1.28 bits per heavy atom. The highest BCUT2D eigenvalue weighted by Crippen LogP contribution is 2.27. The Bertz CT molecular complexity index is 741. The lowest BCUT2D eigenvalue weighted by Crippen LogP contribution is -2.50. The quantitative estimate of drug-likeness (QED) is 0.840. The number of nitrogens with zero attached hydrogens (tertiary/aromatic N) is 4. The summed E-state index contributed by atoms with van der Waals surface area (Å²) in [4.78, 5) is 21.0. The first kappa shape index (κ1) is 16.2. The van der Waals surface area contributed by atoms with E-state index in [0.29, 0.717) is 25.3 Å². The third-order valence-corrected chi connectivity index (χ3v) is 5.17. The van der Waals surface area contributed by atoms with Crippen molar-refractivity contribution >= 4 is 5.91 Å². The van der Waals surface area contributed by atoms with Crippen molar-refractivity contribution in [3.8, 4) is 0 Å². The van der Waals surface area contributed by atoms with Gasteiger partial charge in [0, 0.05) is 49.7 Å². The van der Waals surface area contributed by atoms with Crippen LogP contribution in [0.1, 0.15) is 27.4 Å². The summed E-state index contributed by atoms with van der Waals surface area (Å²) < 4.78 is 11.2. The lowest BCUT2D eigenvalue weighted by atomic mass is 10.1. The molecule has 25 heavy (non-hydrogen) atoms. The summed E-state index contributed by atoms with van der Waals surface area (Å²) in [5.41, 5.74) is 2.74. The molecular formula is C18H22N4O3. The number of aromatic nitrogens is 2. The van der Waals surface area contributed by atoms with Crippen LogP contribution in [-0.4, -0.2) is 64.2 Å². The van der Waals surface area contributed by atoms with Crippen LogP contribution in [0.2, 0.25) is 0 Å². The highest BCUT2D eigenvalue weighted by molar-refractivity contribution is 5.94. The van der Waals surface area contributed by atoms with Gasteiger partial charge in [-0.05, 0) is 26.0 Å². The highest BCUT2D eigenvalue weighted by Gasteiger charge is 2.42. The van der Waals surface area contributed by atoms with Crippen molar-refractivity contribution in [1.29, 1.82) is 0 Å². The molecule has 2 aromatic rings. The Balaban J connectivity index is 1.49. The molecule has 0 aliphatic carbocycles. The Hall–Kier alpha value is -2.25. The van der Waals surface area contributed by atoms with Gasteiger partial charge in [0.05, 0.1) is 24.4 Å². The molecule has 2 aliphatic rings. The molecule has 2 aromatic heterocycles. The third-order valence-electron chi connectivity index (χ3n) is 5.17. The monoisotopic (exact) mass is 342 g/mol. The van der Waals surface area contributed by atoms with Crippen LogP contribution in [0.3, 0.4) is 0 Å². The molecule has 0 aromatic carbocycles. The van der Waals surface area contributed by atoms with Crippen molar-refractivity contribution in [2.75, 3.05) is 26.2 Å². The van der Waals surface area contributed by atoms with E-state index in [9.17, 15) is 4.79 Å². The first-order valence-corrected chi connectivity index (χ1v) is 8.60. The van der Waals surface area contributed by atoms with Crippen molar-refractivity contribution in [2.45, 2.75) is 32.5 Å². The Morgan fingerprint density at radius 3 is 2.80 bits per heavy atom. The summed E-state index contributed by atoms with van der Waals surface area (Å²) in [7, 11) is 0. The first-order valence-electron chi connectivity index (χ1n) is 8.60. The zero-order valence-corrected chi connectivity index (χ0v) is 14.5. The molecule has 4 rings (SSSR count). The molecule has 2 atom stereocenters. The smallest absolute Gasteiger partial charge is 0.254 e. The van der Waals surface area contributed by atoms with E-state index in [1.165, 1.54) is 0 Å². The number of morpholine rings is 1. The molecule has 0 saturated carbocycles. The van der Waals surface area contributed by atoms with Gasteiger partial charge in [-0.3, -0.25) is 14.7 Å². The molecule has 0 bridgehead atoms. The maximum atomic E-state index is 12.7. The number of amides is 1. The number of hydrogen-bond donors (Lipinski definition) is 0. The SMILES string of the molecule is Cc1noc(C)c1CN1CCO[C@H]2CN(C(=O)c3ccncc3)C[C@H]21. The summed E-state index contributed by atoms with van der Waals surface area (Å²) in [5.74, 6) is 0.904. The van der Waals surface area contributed by atoms with E-state index in [0.717, 1.165) is 30.1 Å². The summed E-state index contributed by atoms with van der Waals surface area (Å²) >= 11 is 0. The molecule has 0 radical (unpaired) electrons. The number of carbonyl (C=O) groups excluding carboxylic acids is 1. The minimum absolute atomic E-state index is 0.0395. The molecule has 4 heterocycles. The normalized spacial score (nSPS) is 23.7. The molecule has 0 N–H and O–H groups in total. The molecule has 7 nitrogen and oxygen atoms in total. The van der Waals surface area contributed by atoms with Gasteiger partial charge in [0.1, 0.15) is 5.76 Å². The topological polar surface area (TPSA) is 71.7 Å². The number of rotatable bonds is 3. The van der Waals surface area contributed by atoms with Crippen molar-refractivity contribution in [3.05, 3.63) is 47.1 Å². The highest BCUT2D eigenvalue weighted by atomic mass is 16.5. The number of aryl methyl sites for hydroxylation is 2. The molecule has 0 spiro atoms. The maximum absolute atomic E-state index is 12.7. The molecule has 2 aliphatic heterocycles. The molecule has 7 heteroatoms. The predicted octanol–water partition coefficient (Wildman–Crippen LogP) is 1.41. The lowest BCUT2D eigenvalue weighted by molar-refractivity contribution is -0.0505. The Labute approximate surface area is 146 Å². The standard InChI is InChI=1S/C18H22N4O3/c1-12-15(13(2)25-20-12)9-21-7-8-24-17-11-22(10-16(17)21)18(23)14-3-5-19-6-4-14/h3-6,16-17H,7-11H2,1-2H3/t16-,17+/m1/s1. The summed E-state index contributed by atoms with van der Waals surface area (Å²) in [6.07, 6.45) is 3.35. The minimum atomic E-state index is 0.0395. The molecular weight excluding hydrogens is 320 g/mol. The van der Waals surface area contributed by atoms with E-state index in [1.54, 1.807) is 24.5 Å².